The Kier molecular flexibility index (Phi) is 8.01. The van der Waals surface area contributed by atoms with Crippen molar-refractivity contribution in [2.75, 3.05) is 18.4 Å². The average molecular weight is 541 g/mol. The molecule has 1 saturated heterocycles. The Bertz CT molecular complexity index is 1470. The van der Waals surface area contributed by atoms with Crippen molar-refractivity contribution < 1.29 is 14.3 Å². The van der Waals surface area contributed by atoms with E-state index in [-0.39, 0.29) is 18.1 Å². The Labute approximate surface area is 235 Å². The maximum absolute atomic E-state index is 12.6. The van der Waals surface area contributed by atoms with Crippen LogP contribution in [-0.2, 0) is 10.3 Å². The van der Waals surface area contributed by atoms with E-state index < -0.39 is 17.0 Å². The van der Waals surface area contributed by atoms with Gasteiger partial charge in [0.2, 0.25) is 0 Å². The van der Waals surface area contributed by atoms with Crippen molar-refractivity contribution in [3.8, 4) is 17.2 Å². The van der Waals surface area contributed by atoms with E-state index in [1.807, 2.05) is 70.2 Å². The predicted octanol–water partition coefficient (Wildman–Crippen LogP) is 5.98. The van der Waals surface area contributed by atoms with Crippen LogP contribution in [-0.4, -0.2) is 45.4 Å². The number of ether oxygens (including phenoxy) is 1. The van der Waals surface area contributed by atoms with Crippen LogP contribution in [0.25, 0.3) is 17.2 Å². The molecule has 1 aliphatic heterocycles. The maximum atomic E-state index is 12.6. The first-order chi connectivity index (χ1) is 18.9. The number of nitrogens with zero attached hydrogens (tertiary/aromatic N) is 4. The Balaban J connectivity index is 1.60. The highest BCUT2D eigenvalue weighted by molar-refractivity contribution is 5.98. The highest BCUT2D eigenvalue weighted by Gasteiger charge is 2.40. The monoisotopic (exact) mass is 540 g/mol. The van der Waals surface area contributed by atoms with Gasteiger partial charge in [-0.2, -0.15) is 10.4 Å². The standard InChI is InChI=1S/C31H36N6O3/c1-6-22-10-11-24(18-21(22)2)23-8-7-9-25(19-23)34-28-26(27(33)38)20-37(35-28)31(12-15-32)13-16-36(17-14-31)29(39)40-30(3,4)5/h6-11,18-20H,1,12-14,16-17H2,2-5H3,(H2,33,38)(H,34,35). The number of rotatable bonds is 7. The maximum Gasteiger partial charge on any atom is 0.410 e. The summed E-state index contributed by atoms with van der Waals surface area (Å²) in [6.45, 7) is 12.2. The van der Waals surface area contributed by atoms with Crippen LogP contribution >= 0.6 is 0 Å². The van der Waals surface area contributed by atoms with Crippen LogP contribution in [0, 0.1) is 18.3 Å². The molecular weight excluding hydrogens is 504 g/mol. The second-order valence-corrected chi connectivity index (χ2v) is 11.2. The summed E-state index contributed by atoms with van der Waals surface area (Å²) in [5.74, 6) is -0.312. The number of amides is 2. The molecule has 0 atom stereocenters. The number of hydrogen-bond donors (Lipinski definition) is 2. The molecule has 2 aromatic carbocycles. The number of anilines is 2. The Morgan fingerprint density at radius 3 is 2.50 bits per heavy atom. The van der Waals surface area contributed by atoms with Crippen LogP contribution < -0.4 is 11.1 Å². The van der Waals surface area contributed by atoms with Gasteiger partial charge in [-0.15, -0.1) is 0 Å². The molecule has 1 fully saturated rings. The lowest BCUT2D eigenvalue weighted by Crippen LogP contribution is -2.49. The topological polar surface area (TPSA) is 126 Å². The zero-order valence-electron chi connectivity index (χ0n) is 23.5. The molecular formula is C31H36N6O3. The number of nitrogens with two attached hydrogens (primary N) is 1. The van der Waals surface area contributed by atoms with Gasteiger partial charge < -0.3 is 20.7 Å². The fourth-order valence-corrected chi connectivity index (χ4v) is 4.95. The smallest absolute Gasteiger partial charge is 0.410 e. The van der Waals surface area contributed by atoms with Gasteiger partial charge in [0.25, 0.3) is 5.91 Å². The minimum absolute atomic E-state index is 0.171. The summed E-state index contributed by atoms with van der Waals surface area (Å²) >= 11 is 0. The lowest BCUT2D eigenvalue weighted by Gasteiger charge is -2.40. The van der Waals surface area contributed by atoms with Crippen molar-refractivity contribution in [2.45, 2.75) is 58.1 Å². The van der Waals surface area contributed by atoms with Gasteiger partial charge >= 0.3 is 6.09 Å². The number of nitrogens with one attached hydrogen (secondary N) is 1. The lowest BCUT2D eigenvalue weighted by atomic mass is 9.85. The molecule has 0 bridgehead atoms. The van der Waals surface area contributed by atoms with Crippen molar-refractivity contribution in [1.82, 2.24) is 14.7 Å². The molecule has 2 amide bonds. The van der Waals surface area contributed by atoms with Gasteiger partial charge in [-0.1, -0.05) is 43.0 Å². The number of likely N-dealkylation sites (tertiary alicyclic amines) is 1. The second kappa shape index (κ2) is 11.3. The fourth-order valence-electron chi connectivity index (χ4n) is 4.95. The van der Waals surface area contributed by atoms with Crippen LogP contribution in [0.15, 0.2) is 55.2 Å². The van der Waals surface area contributed by atoms with Gasteiger partial charge in [-0.25, -0.2) is 4.79 Å². The predicted molar refractivity (Wildman–Crippen MR) is 156 cm³/mol. The molecule has 0 saturated carbocycles. The molecule has 1 aromatic heterocycles. The molecule has 9 nitrogen and oxygen atoms in total. The quantitative estimate of drug-likeness (QED) is 0.379. The van der Waals surface area contributed by atoms with Crippen LogP contribution in [0.1, 0.15) is 61.5 Å². The Morgan fingerprint density at radius 2 is 1.90 bits per heavy atom. The Hall–Kier alpha value is -4.58. The minimum Gasteiger partial charge on any atom is -0.444 e. The summed E-state index contributed by atoms with van der Waals surface area (Å²) in [6.07, 6.45) is 4.19. The van der Waals surface area contributed by atoms with Crippen LogP contribution in [0.3, 0.4) is 0 Å². The minimum atomic E-state index is -0.691. The van der Waals surface area contributed by atoms with Crippen LogP contribution in [0.5, 0.6) is 0 Å². The number of hydrogen-bond acceptors (Lipinski definition) is 6. The third-order valence-electron chi connectivity index (χ3n) is 7.17. The molecule has 208 valence electrons. The average Bonchev–Trinajstić information content (AvgIpc) is 3.33. The van der Waals surface area contributed by atoms with E-state index in [2.05, 4.69) is 24.0 Å². The Morgan fingerprint density at radius 1 is 1.20 bits per heavy atom. The summed E-state index contributed by atoms with van der Waals surface area (Å²) in [5.41, 5.74) is 9.68. The van der Waals surface area contributed by atoms with E-state index in [1.54, 1.807) is 15.8 Å². The number of aryl methyl sites for hydroxylation is 1. The highest BCUT2D eigenvalue weighted by atomic mass is 16.6. The summed E-state index contributed by atoms with van der Waals surface area (Å²) in [5, 5.41) is 17.6. The SMILES string of the molecule is C=Cc1ccc(-c2cccc(Nc3nn(C4(CC#N)CCN(C(=O)OC(C)(C)C)CC4)cc3C(N)=O)c2)cc1C. The van der Waals surface area contributed by atoms with E-state index in [0.29, 0.717) is 31.7 Å². The zero-order chi connectivity index (χ0) is 29.1. The number of carbonyl (C=O) groups is 2. The summed E-state index contributed by atoms with van der Waals surface area (Å²) in [4.78, 5) is 26.7. The second-order valence-electron chi connectivity index (χ2n) is 11.2. The van der Waals surface area contributed by atoms with Gasteiger partial charge in [0, 0.05) is 25.0 Å². The van der Waals surface area contributed by atoms with E-state index in [1.165, 1.54) is 0 Å². The number of nitriles is 1. The normalized spacial score (nSPS) is 14.7. The summed E-state index contributed by atoms with van der Waals surface area (Å²) in [6, 6.07) is 16.3. The third kappa shape index (κ3) is 6.18. The largest absolute Gasteiger partial charge is 0.444 e. The van der Waals surface area contributed by atoms with Gasteiger partial charge in [0.15, 0.2) is 5.82 Å². The first-order valence-electron chi connectivity index (χ1n) is 13.3. The molecule has 0 unspecified atom stereocenters. The van der Waals surface area contributed by atoms with E-state index >= 15 is 0 Å². The van der Waals surface area contributed by atoms with Crippen molar-refractivity contribution in [3.63, 3.8) is 0 Å². The fraction of sp³-hybridized carbons (Fsp3) is 0.355. The van der Waals surface area contributed by atoms with Crippen molar-refractivity contribution in [3.05, 3.63) is 71.9 Å². The molecule has 40 heavy (non-hydrogen) atoms. The molecule has 4 rings (SSSR count). The molecule has 0 radical (unpaired) electrons. The van der Waals surface area contributed by atoms with E-state index in [4.69, 9.17) is 15.6 Å². The number of carbonyl (C=O) groups excluding carboxylic acids is 2. The van der Waals surface area contributed by atoms with Crippen molar-refractivity contribution >= 4 is 29.6 Å². The molecule has 1 aliphatic rings. The first kappa shape index (κ1) is 28.4. The summed E-state index contributed by atoms with van der Waals surface area (Å²) in [7, 11) is 0. The van der Waals surface area contributed by atoms with Gasteiger partial charge in [-0.3, -0.25) is 9.48 Å². The van der Waals surface area contributed by atoms with Gasteiger partial charge in [-0.05, 0) is 74.9 Å². The van der Waals surface area contributed by atoms with E-state index in [0.717, 1.165) is 27.9 Å². The molecule has 0 aliphatic carbocycles. The number of piperidine rings is 1. The first-order valence-corrected chi connectivity index (χ1v) is 13.3. The zero-order valence-corrected chi connectivity index (χ0v) is 23.5. The van der Waals surface area contributed by atoms with Gasteiger partial charge in [0.05, 0.1) is 18.0 Å². The lowest BCUT2D eigenvalue weighted by molar-refractivity contribution is 0.0105. The van der Waals surface area contributed by atoms with Crippen LogP contribution in [0.4, 0.5) is 16.3 Å². The number of aromatic nitrogens is 2. The van der Waals surface area contributed by atoms with Crippen LogP contribution in [0.2, 0.25) is 0 Å². The third-order valence-corrected chi connectivity index (χ3v) is 7.17. The molecule has 3 N–H and O–H groups in total. The number of primary amides is 1. The molecule has 3 aromatic rings. The highest BCUT2D eigenvalue weighted by Crippen LogP contribution is 2.36. The molecule has 2 heterocycles. The van der Waals surface area contributed by atoms with Gasteiger partial charge in [0.1, 0.15) is 11.2 Å². The van der Waals surface area contributed by atoms with Crippen molar-refractivity contribution in [2.24, 2.45) is 5.73 Å². The molecule has 0 spiro atoms. The number of benzene rings is 2. The van der Waals surface area contributed by atoms with Crippen molar-refractivity contribution in [1.29, 1.82) is 5.26 Å². The summed E-state index contributed by atoms with van der Waals surface area (Å²) < 4.78 is 7.19. The molecule has 9 heteroatoms. The van der Waals surface area contributed by atoms with E-state index in [9.17, 15) is 14.9 Å².